The highest BCUT2D eigenvalue weighted by Crippen LogP contribution is 2.52. The van der Waals surface area contributed by atoms with Gasteiger partial charge in [0.2, 0.25) is 0 Å². The molecule has 1 spiro atoms. The van der Waals surface area contributed by atoms with Crippen molar-refractivity contribution in [2.75, 3.05) is 0 Å². The van der Waals surface area contributed by atoms with E-state index in [-0.39, 0.29) is 11.9 Å². The van der Waals surface area contributed by atoms with E-state index in [4.69, 9.17) is 0 Å². The van der Waals surface area contributed by atoms with Gasteiger partial charge >= 0.3 is 5.97 Å². The summed E-state index contributed by atoms with van der Waals surface area (Å²) in [5.41, 5.74) is 0.817. The predicted octanol–water partition coefficient (Wildman–Crippen LogP) is 3.57. The number of hydrogen-bond donors (Lipinski definition) is 1. The number of hydrogen-bond acceptors (Lipinski definition) is 2. The molecule has 1 atom stereocenters. The minimum absolute atomic E-state index is 0.0619. The highest BCUT2D eigenvalue weighted by atomic mass is 16.4. The summed E-state index contributed by atoms with van der Waals surface area (Å²) in [7, 11) is 0. The zero-order valence-corrected chi connectivity index (χ0v) is 13.3. The van der Waals surface area contributed by atoms with Crippen molar-refractivity contribution in [2.24, 2.45) is 0 Å². The monoisotopic (exact) mass is 313 g/mol. The molecular weight excluding hydrogens is 290 g/mol. The van der Waals surface area contributed by atoms with Crippen molar-refractivity contribution < 1.29 is 14.7 Å². The molecule has 23 heavy (non-hydrogen) atoms. The molecule has 0 saturated heterocycles. The maximum absolute atomic E-state index is 13.3. The first-order chi connectivity index (χ1) is 11.1. The molecule has 0 radical (unpaired) electrons. The van der Waals surface area contributed by atoms with Gasteiger partial charge in [-0.25, -0.2) is 0 Å². The average Bonchev–Trinajstić information content (AvgIpc) is 3.20. The number of nitrogens with zero attached hydrogens (tertiary/aromatic N) is 1. The standard InChI is InChI=1S/C19H23NO3/c21-17-15-10-4-3-9-14(15)16(18(22)23)19(11-5-6-12-19)20(17)13-7-1-2-8-13/h3-4,9-10,13,16H,1-2,5-8,11-12H2,(H,22,23)/t16-/m1/s1. The van der Waals surface area contributed by atoms with E-state index in [2.05, 4.69) is 0 Å². The minimum Gasteiger partial charge on any atom is -0.481 e. The van der Waals surface area contributed by atoms with E-state index in [0.29, 0.717) is 5.56 Å². The second-order valence-electron chi connectivity index (χ2n) is 7.28. The molecule has 2 fully saturated rings. The number of amides is 1. The molecule has 0 unspecified atom stereocenters. The Balaban J connectivity index is 1.91. The smallest absolute Gasteiger partial charge is 0.313 e. The Morgan fingerprint density at radius 1 is 1.09 bits per heavy atom. The summed E-state index contributed by atoms with van der Waals surface area (Å²) in [5, 5.41) is 10.0. The van der Waals surface area contributed by atoms with E-state index in [0.717, 1.165) is 56.9 Å². The van der Waals surface area contributed by atoms with E-state index in [1.165, 1.54) is 0 Å². The van der Waals surface area contributed by atoms with Crippen LogP contribution in [0.5, 0.6) is 0 Å². The lowest BCUT2D eigenvalue weighted by Crippen LogP contribution is -2.62. The summed E-state index contributed by atoms with van der Waals surface area (Å²) >= 11 is 0. The number of fused-ring (bicyclic) bond motifs is 1. The van der Waals surface area contributed by atoms with Crippen molar-refractivity contribution in [1.82, 2.24) is 4.90 Å². The van der Waals surface area contributed by atoms with E-state index in [1.54, 1.807) is 6.07 Å². The normalized spacial score (nSPS) is 26.7. The zero-order valence-electron chi connectivity index (χ0n) is 13.3. The van der Waals surface area contributed by atoms with Crippen LogP contribution in [0.25, 0.3) is 0 Å². The van der Waals surface area contributed by atoms with Crippen LogP contribution in [0, 0.1) is 0 Å². The summed E-state index contributed by atoms with van der Waals surface area (Å²) < 4.78 is 0. The van der Waals surface area contributed by atoms with Crippen LogP contribution in [-0.4, -0.2) is 33.5 Å². The van der Waals surface area contributed by atoms with Gasteiger partial charge in [0.1, 0.15) is 5.92 Å². The van der Waals surface area contributed by atoms with Crippen molar-refractivity contribution in [2.45, 2.75) is 68.9 Å². The van der Waals surface area contributed by atoms with Gasteiger partial charge in [-0.05, 0) is 37.3 Å². The van der Waals surface area contributed by atoms with Crippen LogP contribution in [0.2, 0.25) is 0 Å². The largest absolute Gasteiger partial charge is 0.481 e. The first-order valence-electron chi connectivity index (χ1n) is 8.80. The lowest BCUT2D eigenvalue weighted by Gasteiger charge is -2.51. The summed E-state index contributed by atoms with van der Waals surface area (Å²) in [5.74, 6) is -1.30. The predicted molar refractivity (Wildman–Crippen MR) is 86.4 cm³/mol. The molecule has 2 saturated carbocycles. The third-order valence-electron chi connectivity index (χ3n) is 6.14. The molecule has 1 heterocycles. The van der Waals surface area contributed by atoms with Crippen LogP contribution in [0.1, 0.15) is 73.2 Å². The van der Waals surface area contributed by atoms with E-state index < -0.39 is 17.4 Å². The lowest BCUT2D eigenvalue weighted by molar-refractivity contribution is -0.143. The van der Waals surface area contributed by atoms with Crippen LogP contribution >= 0.6 is 0 Å². The zero-order chi connectivity index (χ0) is 16.0. The Labute approximate surface area is 136 Å². The molecule has 4 rings (SSSR count). The number of aliphatic carboxylic acids is 1. The maximum atomic E-state index is 13.3. The molecule has 4 nitrogen and oxygen atoms in total. The van der Waals surface area contributed by atoms with Crippen LogP contribution in [0.4, 0.5) is 0 Å². The Hall–Kier alpha value is -1.84. The van der Waals surface area contributed by atoms with Crippen LogP contribution < -0.4 is 0 Å². The second-order valence-corrected chi connectivity index (χ2v) is 7.28. The van der Waals surface area contributed by atoms with Gasteiger partial charge < -0.3 is 10.0 Å². The minimum atomic E-state index is -0.783. The molecule has 0 aromatic heterocycles. The van der Waals surface area contributed by atoms with E-state index in [1.807, 2.05) is 23.1 Å². The number of carbonyl (C=O) groups excluding carboxylic acids is 1. The van der Waals surface area contributed by atoms with Gasteiger partial charge in [0, 0.05) is 11.6 Å². The van der Waals surface area contributed by atoms with Gasteiger partial charge in [-0.1, -0.05) is 43.9 Å². The molecule has 1 aliphatic heterocycles. The van der Waals surface area contributed by atoms with Crippen LogP contribution in [0.15, 0.2) is 24.3 Å². The second kappa shape index (κ2) is 5.36. The van der Waals surface area contributed by atoms with Gasteiger partial charge in [-0.2, -0.15) is 0 Å². The molecule has 1 amide bonds. The van der Waals surface area contributed by atoms with E-state index in [9.17, 15) is 14.7 Å². The third-order valence-corrected chi connectivity index (χ3v) is 6.14. The van der Waals surface area contributed by atoms with Crippen molar-refractivity contribution in [3.8, 4) is 0 Å². The fourth-order valence-electron chi connectivity index (χ4n) is 5.28. The molecule has 1 aromatic rings. The van der Waals surface area contributed by atoms with Gasteiger partial charge in [0.25, 0.3) is 5.91 Å². The molecular formula is C19H23NO3. The van der Waals surface area contributed by atoms with Gasteiger partial charge in [0.05, 0.1) is 5.54 Å². The van der Waals surface area contributed by atoms with Crippen LogP contribution in [0.3, 0.4) is 0 Å². The number of carbonyl (C=O) groups is 2. The van der Waals surface area contributed by atoms with Gasteiger partial charge in [-0.3, -0.25) is 9.59 Å². The topological polar surface area (TPSA) is 57.6 Å². The molecule has 122 valence electrons. The maximum Gasteiger partial charge on any atom is 0.313 e. The Kier molecular flexibility index (Phi) is 3.43. The first kappa shape index (κ1) is 14.7. The highest BCUT2D eigenvalue weighted by Gasteiger charge is 2.57. The fourth-order valence-corrected chi connectivity index (χ4v) is 5.28. The Morgan fingerprint density at radius 2 is 1.74 bits per heavy atom. The summed E-state index contributed by atoms with van der Waals surface area (Å²) in [4.78, 5) is 27.5. The molecule has 4 heteroatoms. The summed E-state index contributed by atoms with van der Waals surface area (Å²) in [6.45, 7) is 0. The van der Waals surface area contributed by atoms with Gasteiger partial charge in [-0.15, -0.1) is 0 Å². The average molecular weight is 313 g/mol. The van der Waals surface area contributed by atoms with Crippen molar-refractivity contribution in [3.63, 3.8) is 0 Å². The number of carboxylic acid groups (broad SMARTS) is 1. The Morgan fingerprint density at radius 3 is 2.39 bits per heavy atom. The lowest BCUT2D eigenvalue weighted by atomic mass is 9.70. The molecule has 3 aliphatic rings. The highest BCUT2D eigenvalue weighted by molar-refractivity contribution is 6.01. The van der Waals surface area contributed by atoms with Crippen molar-refractivity contribution >= 4 is 11.9 Å². The van der Waals surface area contributed by atoms with Crippen molar-refractivity contribution in [3.05, 3.63) is 35.4 Å². The molecule has 0 bridgehead atoms. The first-order valence-corrected chi connectivity index (χ1v) is 8.80. The molecule has 1 N–H and O–H groups in total. The van der Waals surface area contributed by atoms with E-state index >= 15 is 0 Å². The number of rotatable bonds is 2. The Bertz CT molecular complexity index is 642. The quantitative estimate of drug-likeness (QED) is 0.908. The molecule has 2 aliphatic carbocycles. The summed E-state index contributed by atoms with van der Waals surface area (Å²) in [6.07, 6.45) is 7.99. The SMILES string of the molecule is O=C(O)[C@H]1c2ccccc2C(=O)N(C2CCCC2)C12CCCC2. The van der Waals surface area contributed by atoms with Gasteiger partial charge in [0.15, 0.2) is 0 Å². The van der Waals surface area contributed by atoms with Crippen LogP contribution in [-0.2, 0) is 4.79 Å². The van der Waals surface area contributed by atoms with Crippen molar-refractivity contribution in [1.29, 1.82) is 0 Å². The fraction of sp³-hybridized carbons (Fsp3) is 0.579. The summed E-state index contributed by atoms with van der Waals surface area (Å²) in [6, 6.07) is 7.57. The third kappa shape index (κ3) is 2.03. The molecule has 1 aromatic carbocycles. The number of benzene rings is 1. The number of carboxylic acids is 1.